The van der Waals surface area contributed by atoms with Gasteiger partial charge in [-0.1, -0.05) is 13.8 Å². The molecular weight excluding hydrogens is 140 g/mol. The summed E-state index contributed by atoms with van der Waals surface area (Å²) in [7, 11) is 0. The van der Waals surface area contributed by atoms with Gasteiger partial charge >= 0.3 is 0 Å². The summed E-state index contributed by atoms with van der Waals surface area (Å²) in [5.41, 5.74) is 5.02. The van der Waals surface area contributed by atoms with Crippen LogP contribution >= 0.6 is 0 Å². The first-order valence-electron chi connectivity index (χ1n) is 3.89. The van der Waals surface area contributed by atoms with E-state index in [1.165, 1.54) is 0 Å². The van der Waals surface area contributed by atoms with Gasteiger partial charge in [0.15, 0.2) is 0 Å². The van der Waals surface area contributed by atoms with E-state index in [-0.39, 0.29) is 0 Å². The van der Waals surface area contributed by atoms with Crippen LogP contribution in [-0.2, 0) is 0 Å². The van der Waals surface area contributed by atoms with Crippen LogP contribution in [0.2, 0.25) is 0 Å². The van der Waals surface area contributed by atoms with Crippen LogP contribution in [0, 0.1) is 5.92 Å². The molecular formula is C7H18N4. The quantitative estimate of drug-likeness (QED) is 0.240. The van der Waals surface area contributed by atoms with Gasteiger partial charge in [-0.15, -0.1) is 0 Å². The monoisotopic (exact) mass is 158 g/mol. The summed E-state index contributed by atoms with van der Waals surface area (Å²) in [6.45, 7) is 7.09. The van der Waals surface area contributed by atoms with Crippen LogP contribution in [0.15, 0.2) is 4.99 Å². The van der Waals surface area contributed by atoms with E-state index in [1.807, 2.05) is 6.92 Å². The molecule has 0 radical (unpaired) electrons. The van der Waals surface area contributed by atoms with E-state index < -0.39 is 0 Å². The Hall–Kier alpha value is -0.610. The molecule has 0 saturated heterocycles. The highest BCUT2D eigenvalue weighted by atomic mass is 15.5. The molecule has 0 bridgehead atoms. The van der Waals surface area contributed by atoms with E-state index in [1.54, 1.807) is 0 Å². The highest BCUT2D eigenvalue weighted by Crippen LogP contribution is 1.98. The SMILES string of the molecule is CC(=NCCC(C)C)NNN. The summed E-state index contributed by atoms with van der Waals surface area (Å²) < 4.78 is 0. The lowest BCUT2D eigenvalue weighted by molar-refractivity contribution is 0.593. The fourth-order valence-electron chi connectivity index (χ4n) is 0.634. The van der Waals surface area contributed by atoms with Gasteiger partial charge in [0, 0.05) is 6.54 Å². The fourth-order valence-corrected chi connectivity index (χ4v) is 0.634. The second-order valence-corrected chi connectivity index (χ2v) is 2.92. The topological polar surface area (TPSA) is 62.4 Å². The van der Waals surface area contributed by atoms with Crippen molar-refractivity contribution in [2.45, 2.75) is 27.2 Å². The number of nitrogens with zero attached hydrogens (tertiary/aromatic N) is 1. The zero-order valence-corrected chi connectivity index (χ0v) is 7.52. The Morgan fingerprint density at radius 1 is 1.55 bits per heavy atom. The number of nitrogens with two attached hydrogens (primary N) is 1. The van der Waals surface area contributed by atoms with Crippen molar-refractivity contribution in [1.82, 2.24) is 11.0 Å². The van der Waals surface area contributed by atoms with Crippen LogP contribution in [0.1, 0.15) is 27.2 Å². The summed E-state index contributed by atoms with van der Waals surface area (Å²) in [4.78, 5) is 4.22. The minimum Gasteiger partial charge on any atom is -0.296 e. The molecule has 0 aliphatic rings. The first-order chi connectivity index (χ1) is 5.16. The largest absolute Gasteiger partial charge is 0.296 e. The highest BCUT2D eigenvalue weighted by Gasteiger charge is 1.91. The lowest BCUT2D eigenvalue weighted by Gasteiger charge is -2.03. The Labute approximate surface area is 68.2 Å². The molecule has 0 aliphatic carbocycles. The number of rotatable bonds is 4. The Balaban J connectivity index is 3.39. The van der Waals surface area contributed by atoms with Gasteiger partial charge in [0.25, 0.3) is 0 Å². The number of hydrogen-bond acceptors (Lipinski definition) is 3. The van der Waals surface area contributed by atoms with Gasteiger partial charge in [-0.05, 0) is 19.3 Å². The summed E-state index contributed by atoms with van der Waals surface area (Å²) in [5.74, 6) is 6.55. The summed E-state index contributed by atoms with van der Waals surface area (Å²) in [6.07, 6.45) is 1.11. The highest BCUT2D eigenvalue weighted by molar-refractivity contribution is 5.78. The molecule has 66 valence electrons. The maximum absolute atomic E-state index is 5.02. The Kier molecular flexibility index (Phi) is 5.78. The van der Waals surface area contributed by atoms with E-state index in [9.17, 15) is 0 Å². The Bertz CT molecular complexity index is 120. The number of hydrazine groups is 2. The number of aliphatic imine (C=N–C) groups is 1. The van der Waals surface area contributed by atoms with E-state index >= 15 is 0 Å². The molecule has 0 atom stereocenters. The second kappa shape index (κ2) is 6.12. The van der Waals surface area contributed by atoms with Crippen molar-refractivity contribution in [1.29, 1.82) is 0 Å². The van der Waals surface area contributed by atoms with Crippen LogP contribution in [0.25, 0.3) is 0 Å². The molecule has 0 unspecified atom stereocenters. The molecule has 0 rings (SSSR count). The third kappa shape index (κ3) is 7.29. The van der Waals surface area contributed by atoms with Crippen LogP contribution in [-0.4, -0.2) is 12.4 Å². The maximum atomic E-state index is 5.02. The molecule has 0 aromatic carbocycles. The first-order valence-corrected chi connectivity index (χ1v) is 3.89. The lowest BCUT2D eigenvalue weighted by atomic mass is 10.1. The molecule has 0 heterocycles. The van der Waals surface area contributed by atoms with Gasteiger partial charge in [0.05, 0.1) is 0 Å². The lowest BCUT2D eigenvalue weighted by Crippen LogP contribution is -2.41. The second-order valence-electron chi connectivity index (χ2n) is 2.92. The molecule has 0 aliphatic heterocycles. The van der Waals surface area contributed by atoms with Crippen molar-refractivity contribution < 1.29 is 0 Å². The predicted molar refractivity (Wildman–Crippen MR) is 47.9 cm³/mol. The molecule has 4 nitrogen and oxygen atoms in total. The van der Waals surface area contributed by atoms with Crippen molar-refractivity contribution in [2.75, 3.05) is 6.54 Å². The van der Waals surface area contributed by atoms with E-state index in [0.717, 1.165) is 18.8 Å². The summed E-state index contributed by atoms with van der Waals surface area (Å²) >= 11 is 0. The van der Waals surface area contributed by atoms with Crippen LogP contribution in [0.5, 0.6) is 0 Å². The minimum atomic E-state index is 0.706. The zero-order valence-electron chi connectivity index (χ0n) is 7.52. The van der Waals surface area contributed by atoms with Gasteiger partial charge in [0.1, 0.15) is 5.84 Å². The Morgan fingerprint density at radius 2 is 2.18 bits per heavy atom. The number of nitrogens with one attached hydrogen (secondary N) is 2. The molecule has 11 heavy (non-hydrogen) atoms. The van der Waals surface area contributed by atoms with Gasteiger partial charge in [-0.3, -0.25) is 16.3 Å². The third-order valence-corrected chi connectivity index (χ3v) is 1.31. The molecule has 0 aromatic rings. The van der Waals surface area contributed by atoms with Crippen LogP contribution < -0.4 is 16.8 Å². The smallest absolute Gasteiger partial charge is 0.108 e. The molecule has 0 spiro atoms. The molecule has 4 heteroatoms. The average molecular weight is 158 g/mol. The first kappa shape index (κ1) is 10.4. The number of amidine groups is 1. The van der Waals surface area contributed by atoms with Crippen molar-refractivity contribution in [3.8, 4) is 0 Å². The molecule has 0 fully saturated rings. The summed E-state index contributed by atoms with van der Waals surface area (Å²) in [5, 5.41) is 0. The van der Waals surface area contributed by atoms with E-state index in [0.29, 0.717) is 5.92 Å². The molecule has 0 aromatic heterocycles. The number of hydrogen-bond donors (Lipinski definition) is 3. The summed E-state index contributed by atoms with van der Waals surface area (Å²) in [6, 6.07) is 0. The van der Waals surface area contributed by atoms with Gasteiger partial charge in [-0.2, -0.15) is 5.53 Å². The zero-order chi connectivity index (χ0) is 8.69. The van der Waals surface area contributed by atoms with Crippen molar-refractivity contribution >= 4 is 5.84 Å². The molecule has 0 amide bonds. The van der Waals surface area contributed by atoms with E-state index in [2.05, 4.69) is 29.8 Å². The van der Waals surface area contributed by atoms with Crippen molar-refractivity contribution in [3.63, 3.8) is 0 Å². The van der Waals surface area contributed by atoms with Gasteiger partial charge in [0.2, 0.25) is 0 Å². The van der Waals surface area contributed by atoms with Gasteiger partial charge in [-0.25, -0.2) is 0 Å². The molecule has 4 N–H and O–H groups in total. The van der Waals surface area contributed by atoms with E-state index in [4.69, 9.17) is 5.84 Å². The normalized spacial score (nSPS) is 12.3. The standard InChI is InChI=1S/C7H18N4/c1-6(2)4-5-9-7(3)10-11-8/h6,11H,4-5,8H2,1-3H3,(H,9,10). The van der Waals surface area contributed by atoms with Crippen molar-refractivity contribution in [2.24, 2.45) is 16.8 Å². The van der Waals surface area contributed by atoms with Crippen molar-refractivity contribution in [3.05, 3.63) is 0 Å². The van der Waals surface area contributed by atoms with Crippen LogP contribution in [0.4, 0.5) is 0 Å². The maximum Gasteiger partial charge on any atom is 0.108 e. The van der Waals surface area contributed by atoms with Crippen LogP contribution in [0.3, 0.4) is 0 Å². The third-order valence-electron chi connectivity index (χ3n) is 1.31. The Morgan fingerprint density at radius 3 is 2.64 bits per heavy atom. The molecule has 0 saturated carbocycles. The van der Waals surface area contributed by atoms with Gasteiger partial charge < -0.3 is 0 Å². The average Bonchev–Trinajstić information content (AvgIpc) is 1.87. The predicted octanol–water partition coefficient (Wildman–Crippen LogP) is 0.419. The minimum absolute atomic E-state index is 0.706. The fraction of sp³-hybridized carbons (Fsp3) is 0.857.